The van der Waals surface area contributed by atoms with E-state index in [9.17, 15) is 31.5 Å². The monoisotopic (exact) mass is 624 g/mol. The molecule has 1 aliphatic rings. The van der Waals surface area contributed by atoms with E-state index in [-0.39, 0.29) is 52.4 Å². The van der Waals surface area contributed by atoms with Gasteiger partial charge in [-0.15, -0.1) is 0 Å². The SMILES string of the molecule is Cc1noc(C)c1S(=O)(=O)Nc1cccc2c1O[C@@H](CN(C)Cc1ccc(C(F)(F)F)cc1)[C@H](C)CN([C@@H](C)CO)C2=O. The van der Waals surface area contributed by atoms with Gasteiger partial charge in [0.1, 0.15) is 11.8 Å². The number of nitrogens with zero attached hydrogens (tertiary/aromatic N) is 3. The highest BCUT2D eigenvalue weighted by molar-refractivity contribution is 7.92. The molecule has 0 bridgehead atoms. The molecule has 0 spiro atoms. The third kappa shape index (κ3) is 7.13. The maximum absolute atomic E-state index is 13.7. The van der Waals surface area contributed by atoms with Gasteiger partial charge in [-0.25, -0.2) is 8.42 Å². The molecule has 1 aliphatic heterocycles. The van der Waals surface area contributed by atoms with E-state index in [1.54, 1.807) is 14.0 Å². The highest BCUT2D eigenvalue weighted by Gasteiger charge is 2.36. The molecule has 0 fully saturated rings. The molecule has 2 N–H and O–H groups in total. The summed E-state index contributed by atoms with van der Waals surface area (Å²) in [6.07, 6.45) is -5.01. The van der Waals surface area contributed by atoms with Gasteiger partial charge in [0.25, 0.3) is 15.9 Å². The topological polar surface area (TPSA) is 125 Å². The summed E-state index contributed by atoms with van der Waals surface area (Å²) >= 11 is 0. The Labute approximate surface area is 248 Å². The molecule has 0 saturated heterocycles. The highest BCUT2D eigenvalue weighted by atomic mass is 32.2. The van der Waals surface area contributed by atoms with Crippen molar-refractivity contribution in [1.29, 1.82) is 0 Å². The van der Waals surface area contributed by atoms with Gasteiger partial charge >= 0.3 is 6.18 Å². The predicted molar refractivity (Wildman–Crippen MR) is 152 cm³/mol. The Morgan fingerprint density at radius 2 is 1.86 bits per heavy atom. The number of aliphatic hydroxyl groups excluding tert-OH is 1. The summed E-state index contributed by atoms with van der Waals surface area (Å²) in [6, 6.07) is 8.91. The van der Waals surface area contributed by atoms with Crippen LogP contribution in [0.1, 0.15) is 46.8 Å². The van der Waals surface area contributed by atoms with Crippen molar-refractivity contribution in [3.63, 3.8) is 0 Å². The second kappa shape index (κ2) is 12.5. The van der Waals surface area contributed by atoms with E-state index in [2.05, 4.69) is 9.88 Å². The van der Waals surface area contributed by atoms with E-state index in [0.29, 0.717) is 18.7 Å². The number of likely N-dealkylation sites (N-methyl/N-ethyl adjacent to an activating group) is 1. The molecule has 3 atom stereocenters. The first-order valence-electron chi connectivity index (χ1n) is 13.6. The molecule has 2 heterocycles. The third-order valence-electron chi connectivity index (χ3n) is 7.40. The molecule has 0 radical (unpaired) electrons. The fraction of sp³-hybridized carbons (Fsp3) is 0.448. The van der Waals surface area contributed by atoms with Gasteiger partial charge in [0.15, 0.2) is 16.4 Å². The molecular formula is C29H35F3N4O6S. The number of benzene rings is 2. The molecule has 234 valence electrons. The quantitative estimate of drug-likeness (QED) is 0.358. The number of alkyl halides is 3. The van der Waals surface area contributed by atoms with Crippen LogP contribution >= 0.6 is 0 Å². The third-order valence-corrected chi connectivity index (χ3v) is 9.01. The zero-order valence-electron chi connectivity index (χ0n) is 24.5. The number of carbonyl (C=O) groups excluding carboxylic acids is 1. The van der Waals surface area contributed by atoms with Crippen molar-refractivity contribution in [2.24, 2.45) is 5.92 Å². The molecule has 14 heteroatoms. The van der Waals surface area contributed by atoms with Crippen LogP contribution in [0.25, 0.3) is 0 Å². The summed E-state index contributed by atoms with van der Waals surface area (Å²) in [5, 5.41) is 13.6. The van der Waals surface area contributed by atoms with Crippen LogP contribution < -0.4 is 9.46 Å². The van der Waals surface area contributed by atoms with Gasteiger partial charge in [0, 0.05) is 25.6 Å². The lowest BCUT2D eigenvalue weighted by Crippen LogP contribution is -2.49. The molecule has 0 aliphatic carbocycles. The number of hydrogen-bond donors (Lipinski definition) is 2. The Bertz CT molecular complexity index is 1540. The van der Waals surface area contributed by atoms with E-state index in [1.165, 1.54) is 49.1 Å². The van der Waals surface area contributed by atoms with E-state index in [1.807, 2.05) is 11.8 Å². The lowest BCUT2D eigenvalue weighted by atomic mass is 9.99. The molecule has 1 amide bonds. The van der Waals surface area contributed by atoms with Crippen LogP contribution in [0.5, 0.6) is 5.75 Å². The number of aryl methyl sites for hydroxylation is 2. The number of amides is 1. The summed E-state index contributed by atoms with van der Waals surface area (Å²) in [4.78, 5) is 17.0. The molecule has 10 nitrogen and oxygen atoms in total. The van der Waals surface area contributed by atoms with Gasteiger partial charge in [-0.05, 0) is 57.6 Å². The maximum atomic E-state index is 13.7. The van der Waals surface area contributed by atoms with Crippen molar-refractivity contribution in [3.05, 3.63) is 70.6 Å². The predicted octanol–water partition coefficient (Wildman–Crippen LogP) is 4.46. The van der Waals surface area contributed by atoms with Gasteiger partial charge in [0.05, 0.1) is 29.5 Å². The van der Waals surface area contributed by atoms with Crippen LogP contribution in [-0.4, -0.2) is 73.3 Å². The summed E-state index contributed by atoms with van der Waals surface area (Å²) in [5.74, 6) is -0.593. The average Bonchev–Trinajstić information content (AvgIpc) is 3.28. The fourth-order valence-electron chi connectivity index (χ4n) is 5.08. The number of para-hydroxylation sites is 1. The van der Waals surface area contributed by atoms with Crippen molar-refractivity contribution < 1.29 is 40.8 Å². The Morgan fingerprint density at radius 1 is 1.19 bits per heavy atom. The van der Waals surface area contributed by atoms with Crippen molar-refractivity contribution in [2.45, 2.75) is 57.5 Å². The number of aliphatic hydroxyl groups is 1. The minimum atomic E-state index is -4.43. The molecule has 2 aromatic carbocycles. The summed E-state index contributed by atoms with van der Waals surface area (Å²) in [6.45, 7) is 7.13. The number of hydrogen-bond acceptors (Lipinski definition) is 8. The minimum Gasteiger partial charge on any atom is -0.486 e. The molecule has 0 unspecified atom stereocenters. The van der Waals surface area contributed by atoms with Crippen molar-refractivity contribution in [3.8, 4) is 5.75 Å². The van der Waals surface area contributed by atoms with Crippen molar-refractivity contribution in [1.82, 2.24) is 15.0 Å². The van der Waals surface area contributed by atoms with Gasteiger partial charge in [0.2, 0.25) is 0 Å². The van der Waals surface area contributed by atoms with Crippen molar-refractivity contribution in [2.75, 3.05) is 31.5 Å². The average molecular weight is 625 g/mol. The number of rotatable bonds is 9. The van der Waals surface area contributed by atoms with Crippen LogP contribution in [0.4, 0.5) is 18.9 Å². The van der Waals surface area contributed by atoms with E-state index in [4.69, 9.17) is 9.26 Å². The molecule has 43 heavy (non-hydrogen) atoms. The summed E-state index contributed by atoms with van der Waals surface area (Å²) in [5.41, 5.74) is 0.239. The van der Waals surface area contributed by atoms with E-state index in [0.717, 1.165) is 12.1 Å². The Kier molecular flexibility index (Phi) is 9.42. The van der Waals surface area contributed by atoms with Crippen LogP contribution in [0.2, 0.25) is 0 Å². The number of carbonyl (C=O) groups is 1. The fourth-order valence-corrected chi connectivity index (χ4v) is 6.47. The van der Waals surface area contributed by atoms with Crippen LogP contribution in [0.3, 0.4) is 0 Å². The van der Waals surface area contributed by atoms with Crippen LogP contribution in [0, 0.1) is 19.8 Å². The maximum Gasteiger partial charge on any atom is 0.416 e. The lowest BCUT2D eigenvalue weighted by Gasteiger charge is -2.38. The van der Waals surface area contributed by atoms with Gasteiger partial charge in [-0.2, -0.15) is 13.2 Å². The smallest absolute Gasteiger partial charge is 0.416 e. The standard InChI is InChI=1S/C29H35F3N4O6S/c1-17-13-36(18(2)16-37)28(38)23-7-6-8-24(34-43(39,40)27-19(3)33-42-20(27)4)26(23)41-25(17)15-35(5)14-21-9-11-22(12-10-21)29(30,31)32/h6-12,17-18,25,34,37H,13-16H2,1-5H3/t17-,18+,25+/m1/s1. The first-order chi connectivity index (χ1) is 20.1. The second-order valence-corrected chi connectivity index (χ2v) is 12.6. The lowest BCUT2D eigenvalue weighted by molar-refractivity contribution is -0.137. The first-order valence-corrected chi connectivity index (χ1v) is 15.1. The first kappa shape index (κ1) is 32.3. The van der Waals surface area contributed by atoms with E-state index < -0.39 is 39.8 Å². The van der Waals surface area contributed by atoms with Crippen molar-refractivity contribution >= 4 is 21.6 Å². The Balaban J connectivity index is 1.68. The van der Waals surface area contributed by atoms with E-state index >= 15 is 0 Å². The van der Waals surface area contributed by atoms with Gasteiger partial charge < -0.3 is 19.3 Å². The second-order valence-electron chi connectivity index (χ2n) is 11.0. The summed E-state index contributed by atoms with van der Waals surface area (Å²) < 4.78 is 79.8. The Morgan fingerprint density at radius 3 is 2.44 bits per heavy atom. The van der Waals surface area contributed by atoms with Gasteiger partial charge in [-0.1, -0.05) is 30.3 Å². The zero-order valence-corrected chi connectivity index (χ0v) is 25.3. The highest BCUT2D eigenvalue weighted by Crippen LogP contribution is 2.37. The molecule has 1 aromatic heterocycles. The number of aromatic nitrogens is 1. The zero-order chi connectivity index (χ0) is 31.7. The number of halogens is 3. The minimum absolute atomic E-state index is 0.0254. The largest absolute Gasteiger partial charge is 0.486 e. The molecule has 0 saturated carbocycles. The number of anilines is 1. The molecular weight excluding hydrogens is 589 g/mol. The molecule has 3 aromatic rings. The number of nitrogens with one attached hydrogen (secondary N) is 1. The number of fused-ring (bicyclic) bond motifs is 1. The number of sulfonamides is 1. The van der Waals surface area contributed by atoms with Crippen LogP contribution in [0.15, 0.2) is 51.9 Å². The van der Waals surface area contributed by atoms with Gasteiger partial charge in [-0.3, -0.25) is 14.4 Å². The number of ether oxygens (including phenoxy) is 1. The summed E-state index contributed by atoms with van der Waals surface area (Å²) in [7, 11) is -2.40. The Hall–Kier alpha value is -3.62. The normalized spacial score (nSPS) is 18.6. The molecule has 4 rings (SSSR count). The van der Waals surface area contributed by atoms with Crippen LogP contribution in [-0.2, 0) is 22.7 Å².